The molecule has 3 aromatic rings. The molecule has 0 aliphatic heterocycles. The molecule has 2 aromatic heterocycles. The number of amides is 1. The first-order valence-electron chi connectivity index (χ1n) is 7.61. The number of anilines is 1. The van der Waals surface area contributed by atoms with Gasteiger partial charge in [0.15, 0.2) is 0 Å². The van der Waals surface area contributed by atoms with Crippen LogP contribution in [0.15, 0.2) is 48.9 Å². The topological polar surface area (TPSA) is 93.8 Å². The van der Waals surface area contributed by atoms with Gasteiger partial charge in [0, 0.05) is 36.3 Å². The first kappa shape index (κ1) is 16.5. The van der Waals surface area contributed by atoms with Crippen molar-refractivity contribution in [2.24, 2.45) is 0 Å². The Bertz CT molecular complexity index is 915. The van der Waals surface area contributed by atoms with Crippen molar-refractivity contribution < 1.29 is 9.18 Å². The minimum Gasteiger partial charge on any atom is -0.383 e. The molecule has 3 N–H and O–H groups in total. The van der Waals surface area contributed by atoms with E-state index in [0.717, 1.165) is 0 Å². The van der Waals surface area contributed by atoms with Crippen LogP contribution < -0.4 is 11.1 Å². The predicted octanol–water partition coefficient (Wildman–Crippen LogP) is 2.50. The van der Waals surface area contributed by atoms with Gasteiger partial charge in [0.25, 0.3) is 5.91 Å². The molecule has 0 radical (unpaired) electrons. The van der Waals surface area contributed by atoms with E-state index in [1.807, 2.05) is 0 Å². The van der Waals surface area contributed by atoms with Crippen LogP contribution in [0.5, 0.6) is 0 Å². The molecule has 0 unspecified atom stereocenters. The van der Waals surface area contributed by atoms with Crippen molar-refractivity contribution in [2.75, 3.05) is 5.73 Å². The van der Waals surface area contributed by atoms with Gasteiger partial charge in [-0.05, 0) is 24.6 Å². The van der Waals surface area contributed by atoms with Gasteiger partial charge in [-0.25, -0.2) is 14.4 Å². The molecule has 0 fully saturated rings. The number of nitrogens with one attached hydrogen (secondary N) is 1. The number of halogens is 1. The number of benzene rings is 1. The van der Waals surface area contributed by atoms with Crippen LogP contribution in [0.2, 0.25) is 0 Å². The summed E-state index contributed by atoms with van der Waals surface area (Å²) in [6.45, 7) is 1.85. The van der Waals surface area contributed by atoms with Crippen molar-refractivity contribution >= 4 is 11.7 Å². The molecule has 1 amide bonds. The number of nitrogen functional groups attached to an aromatic ring is 1. The van der Waals surface area contributed by atoms with Gasteiger partial charge in [-0.15, -0.1) is 0 Å². The zero-order valence-electron chi connectivity index (χ0n) is 13.5. The van der Waals surface area contributed by atoms with Crippen molar-refractivity contribution in [2.45, 2.75) is 13.5 Å². The molecular weight excluding hydrogens is 321 g/mol. The molecule has 2 heterocycles. The number of hydrogen-bond donors (Lipinski definition) is 2. The smallest absolute Gasteiger partial charge is 0.256 e. The lowest BCUT2D eigenvalue weighted by molar-refractivity contribution is 0.0951. The number of pyridine rings is 1. The largest absolute Gasteiger partial charge is 0.383 e. The zero-order valence-corrected chi connectivity index (χ0v) is 13.5. The van der Waals surface area contributed by atoms with Gasteiger partial charge >= 0.3 is 0 Å². The van der Waals surface area contributed by atoms with Gasteiger partial charge in [0.2, 0.25) is 0 Å². The number of aryl methyl sites for hydroxylation is 1. The normalized spacial score (nSPS) is 10.5. The number of aromatic nitrogens is 3. The molecule has 7 heteroatoms. The summed E-state index contributed by atoms with van der Waals surface area (Å²) in [5, 5.41) is 2.68. The Hall–Kier alpha value is -3.35. The van der Waals surface area contributed by atoms with Crippen molar-refractivity contribution in [1.29, 1.82) is 0 Å². The molecule has 6 nitrogen and oxygen atoms in total. The molecule has 1 aromatic carbocycles. The van der Waals surface area contributed by atoms with Crippen LogP contribution >= 0.6 is 0 Å². The Balaban J connectivity index is 1.71. The summed E-state index contributed by atoms with van der Waals surface area (Å²) in [6.07, 6.45) is 4.60. The Kier molecular flexibility index (Phi) is 4.65. The molecule has 0 bridgehead atoms. The predicted molar refractivity (Wildman–Crippen MR) is 92.0 cm³/mol. The second-order valence-corrected chi connectivity index (χ2v) is 5.45. The highest BCUT2D eigenvalue weighted by Gasteiger charge is 2.12. The number of rotatable bonds is 4. The fourth-order valence-corrected chi connectivity index (χ4v) is 2.36. The van der Waals surface area contributed by atoms with Crippen molar-refractivity contribution in [3.63, 3.8) is 0 Å². The number of carbonyl (C=O) groups is 1. The quantitative estimate of drug-likeness (QED) is 0.763. The van der Waals surface area contributed by atoms with Crippen LogP contribution in [0.25, 0.3) is 11.1 Å². The highest BCUT2D eigenvalue weighted by molar-refractivity contribution is 5.97. The summed E-state index contributed by atoms with van der Waals surface area (Å²) in [5.41, 5.74) is 7.70. The highest BCUT2D eigenvalue weighted by Crippen LogP contribution is 2.22. The summed E-state index contributed by atoms with van der Waals surface area (Å²) in [7, 11) is 0. The monoisotopic (exact) mass is 337 g/mol. The van der Waals surface area contributed by atoms with Gasteiger partial charge in [-0.3, -0.25) is 9.78 Å². The molecule has 0 aliphatic rings. The lowest BCUT2D eigenvalue weighted by Gasteiger charge is -2.09. The van der Waals surface area contributed by atoms with E-state index in [0.29, 0.717) is 22.5 Å². The number of nitrogens with two attached hydrogens (primary N) is 1. The van der Waals surface area contributed by atoms with Gasteiger partial charge in [-0.1, -0.05) is 18.2 Å². The maximum Gasteiger partial charge on any atom is 0.256 e. The van der Waals surface area contributed by atoms with Crippen molar-refractivity contribution in [3.8, 4) is 11.1 Å². The van der Waals surface area contributed by atoms with Crippen LogP contribution in [0.4, 0.5) is 10.2 Å². The standard InChI is InChI=1S/C18H16FN5O/c1-11-22-10-15(17(20)24-11)18(25)23-8-12-4-5-14(16(19)7-12)13-3-2-6-21-9-13/h2-7,9-10H,8H2,1H3,(H,23,25)(H2,20,22,24). The van der Waals surface area contributed by atoms with Gasteiger partial charge < -0.3 is 11.1 Å². The average Bonchev–Trinajstić information content (AvgIpc) is 2.60. The van der Waals surface area contributed by atoms with Crippen LogP contribution in [-0.2, 0) is 6.54 Å². The van der Waals surface area contributed by atoms with E-state index in [2.05, 4.69) is 20.3 Å². The molecule has 0 spiro atoms. The van der Waals surface area contributed by atoms with Crippen LogP contribution in [-0.4, -0.2) is 20.9 Å². The summed E-state index contributed by atoms with van der Waals surface area (Å²) < 4.78 is 14.3. The van der Waals surface area contributed by atoms with Gasteiger partial charge in [-0.2, -0.15) is 0 Å². The van der Waals surface area contributed by atoms with Crippen LogP contribution in [0.3, 0.4) is 0 Å². The van der Waals surface area contributed by atoms with E-state index in [1.54, 1.807) is 43.6 Å². The number of nitrogens with zero attached hydrogens (tertiary/aromatic N) is 3. The second-order valence-electron chi connectivity index (χ2n) is 5.45. The molecule has 3 rings (SSSR count). The lowest BCUT2D eigenvalue weighted by Crippen LogP contribution is -2.24. The van der Waals surface area contributed by atoms with E-state index in [4.69, 9.17) is 5.73 Å². The molecule has 0 saturated carbocycles. The number of hydrogen-bond acceptors (Lipinski definition) is 5. The lowest BCUT2D eigenvalue weighted by atomic mass is 10.0. The molecule has 126 valence electrons. The zero-order chi connectivity index (χ0) is 17.8. The second kappa shape index (κ2) is 7.04. The fraction of sp³-hybridized carbons (Fsp3) is 0.111. The minimum absolute atomic E-state index is 0.114. The Morgan fingerprint density at radius 2 is 2.12 bits per heavy atom. The Labute approximate surface area is 144 Å². The first-order chi connectivity index (χ1) is 12.0. The van der Waals surface area contributed by atoms with E-state index in [-0.39, 0.29) is 23.7 Å². The average molecular weight is 337 g/mol. The minimum atomic E-state index is -0.408. The third kappa shape index (κ3) is 3.77. The van der Waals surface area contributed by atoms with E-state index < -0.39 is 5.91 Å². The Morgan fingerprint density at radius 1 is 1.28 bits per heavy atom. The third-order valence-corrected chi connectivity index (χ3v) is 3.64. The molecule has 0 aliphatic carbocycles. The molecule has 0 saturated heterocycles. The fourth-order valence-electron chi connectivity index (χ4n) is 2.36. The van der Waals surface area contributed by atoms with E-state index in [1.165, 1.54) is 12.3 Å². The summed E-state index contributed by atoms with van der Waals surface area (Å²) in [5.74, 6) is -0.183. The molecule has 25 heavy (non-hydrogen) atoms. The third-order valence-electron chi connectivity index (χ3n) is 3.64. The highest BCUT2D eigenvalue weighted by atomic mass is 19.1. The first-order valence-corrected chi connectivity index (χ1v) is 7.61. The van der Waals surface area contributed by atoms with E-state index in [9.17, 15) is 9.18 Å². The number of carbonyl (C=O) groups excluding carboxylic acids is 1. The molecule has 0 atom stereocenters. The van der Waals surface area contributed by atoms with Crippen LogP contribution in [0, 0.1) is 12.7 Å². The summed E-state index contributed by atoms with van der Waals surface area (Å²) in [4.78, 5) is 24.0. The van der Waals surface area contributed by atoms with Crippen molar-refractivity contribution in [1.82, 2.24) is 20.3 Å². The van der Waals surface area contributed by atoms with Gasteiger partial charge in [0.05, 0.1) is 5.56 Å². The maximum absolute atomic E-state index is 14.3. The van der Waals surface area contributed by atoms with Crippen molar-refractivity contribution in [3.05, 3.63) is 71.7 Å². The summed E-state index contributed by atoms with van der Waals surface area (Å²) >= 11 is 0. The maximum atomic E-state index is 14.3. The van der Waals surface area contributed by atoms with E-state index >= 15 is 0 Å². The van der Waals surface area contributed by atoms with Gasteiger partial charge in [0.1, 0.15) is 17.5 Å². The SMILES string of the molecule is Cc1ncc(C(=O)NCc2ccc(-c3cccnc3)c(F)c2)c(N)n1. The van der Waals surface area contributed by atoms with Crippen LogP contribution in [0.1, 0.15) is 21.7 Å². The summed E-state index contributed by atoms with van der Waals surface area (Å²) in [6, 6.07) is 8.33. The Morgan fingerprint density at radius 3 is 2.80 bits per heavy atom. The molecular formula is C18H16FN5O.